The Hall–Kier alpha value is -1.96. The van der Waals surface area contributed by atoms with Crippen LogP contribution in [0, 0.1) is 0 Å². The molecule has 0 aromatic heterocycles. The van der Waals surface area contributed by atoms with E-state index in [2.05, 4.69) is 10.2 Å². The highest BCUT2D eigenvalue weighted by atomic mass is 16.8. The number of carbonyl (C=O) groups excluding carboxylic acids is 2. The minimum Gasteiger partial charge on any atom is -0.469 e. The van der Waals surface area contributed by atoms with Crippen LogP contribution in [-0.4, -0.2) is 37.5 Å². The number of hydroxylamine groups is 1. The van der Waals surface area contributed by atoms with Gasteiger partial charge in [-0.2, -0.15) is 5.48 Å². The predicted molar refractivity (Wildman–Crippen MR) is 86.6 cm³/mol. The van der Waals surface area contributed by atoms with Crippen LogP contribution in [0.4, 0.5) is 0 Å². The van der Waals surface area contributed by atoms with Crippen LogP contribution in [0.5, 0.6) is 0 Å². The molecule has 0 fully saturated rings. The molecule has 0 heterocycles. The van der Waals surface area contributed by atoms with E-state index in [-0.39, 0.29) is 13.2 Å². The molecule has 0 bridgehead atoms. The summed E-state index contributed by atoms with van der Waals surface area (Å²) in [6.07, 6.45) is -0.204. The molecule has 0 unspecified atom stereocenters. The van der Waals surface area contributed by atoms with Crippen molar-refractivity contribution in [3.05, 3.63) is 35.9 Å². The van der Waals surface area contributed by atoms with Crippen molar-refractivity contribution in [3.63, 3.8) is 0 Å². The smallest absolute Gasteiger partial charge is 0.326 e. The molecule has 0 aliphatic heterocycles. The fourth-order valence-corrected chi connectivity index (χ4v) is 1.71. The third-order valence-electron chi connectivity index (χ3n) is 2.77. The number of rotatable bonds is 9. The molecule has 7 nitrogen and oxygen atoms in total. The number of methoxy groups -OCH3 is 1. The summed E-state index contributed by atoms with van der Waals surface area (Å²) < 4.78 is 15.1. The molecule has 0 spiro atoms. The van der Waals surface area contributed by atoms with Gasteiger partial charge in [0.15, 0.2) is 6.79 Å². The Morgan fingerprint density at radius 1 is 1.17 bits per heavy atom. The van der Waals surface area contributed by atoms with Crippen molar-refractivity contribution in [1.82, 2.24) is 5.48 Å². The lowest BCUT2D eigenvalue weighted by atomic mass is 10.1. The van der Waals surface area contributed by atoms with Gasteiger partial charge in [-0.1, -0.05) is 30.3 Å². The molecular formula is C17H25NO6. The minimum atomic E-state index is -0.975. The Bertz CT molecular complexity index is 512. The van der Waals surface area contributed by atoms with Gasteiger partial charge in [0.25, 0.3) is 0 Å². The Morgan fingerprint density at radius 3 is 2.42 bits per heavy atom. The molecule has 0 aliphatic rings. The van der Waals surface area contributed by atoms with E-state index in [1.165, 1.54) is 7.11 Å². The minimum absolute atomic E-state index is 0.0879. The largest absolute Gasteiger partial charge is 0.469 e. The molecule has 24 heavy (non-hydrogen) atoms. The summed E-state index contributed by atoms with van der Waals surface area (Å²) in [6.45, 7) is 5.50. The van der Waals surface area contributed by atoms with Crippen LogP contribution < -0.4 is 5.48 Å². The van der Waals surface area contributed by atoms with Gasteiger partial charge in [-0.3, -0.25) is 14.4 Å². The molecule has 0 amide bonds. The summed E-state index contributed by atoms with van der Waals surface area (Å²) in [5.41, 5.74) is 2.82. The Labute approximate surface area is 142 Å². The number of nitrogens with one attached hydrogen (secondary N) is 1. The standard InChI is InChI=1S/C17H25NO6/c1-17(2,3)24-16(20)14(10-15(19)21-4)18-23-12-22-11-13-8-6-5-7-9-13/h5-9,14,18H,10-12H2,1-4H3/t14-/m1/s1. The summed E-state index contributed by atoms with van der Waals surface area (Å²) in [5.74, 6) is -1.15. The molecule has 1 aromatic rings. The zero-order valence-corrected chi connectivity index (χ0v) is 14.5. The van der Waals surface area contributed by atoms with E-state index in [0.717, 1.165) is 5.56 Å². The normalized spacial score (nSPS) is 12.5. The first-order valence-electron chi connectivity index (χ1n) is 7.60. The van der Waals surface area contributed by atoms with Crippen LogP contribution >= 0.6 is 0 Å². The van der Waals surface area contributed by atoms with Crippen molar-refractivity contribution in [3.8, 4) is 0 Å². The lowest BCUT2D eigenvalue weighted by Crippen LogP contribution is -2.43. The SMILES string of the molecule is COC(=O)C[C@@H](NOCOCc1ccccc1)C(=O)OC(C)(C)C. The zero-order chi connectivity index (χ0) is 18.0. The van der Waals surface area contributed by atoms with E-state index in [0.29, 0.717) is 6.61 Å². The monoisotopic (exact) mass is 339 g/mol. The topological polar surface area (TPSA) is 83.1 Å². The molecular weight excluding hydrogens is 314 g/mol. The molecule has 134 valence electrons. The lowest BCUT2D eigenvalue weighted by Gasteiger charge is -2.23. The Morgan fingerprint density at radius 2 is 1.83 bits per heavy atom. The van der Waals surface area contributed by atoms with Gasteiger partial charge >= 0.3 is 11.9 Å². The quantitative estimate of drug-likeness (QED) is 0.319. The zero-order valence-electron chi connectivity index (χ0n) is 14.5. The molecule has 0 radical (unpaired) electrons. The number of hydrogen-bond donors (Lipinski definition) is 1. The molecule has 0 saturated heterocycles. The van der Waals surface area contributed by atoms with Gasteiger partial charge in [0.05, 0.1) is 20.1 Å². The van der Waals surface area contributed by atoms with Gasteiger partial charge in [0.1, 0.15) is 11.6 Å². The maximum Gasteiger partial charge on any atom is 0.326 e. The summed E-state index contributed by atoms with van der Waals surface area (Å²) in [7, 11) is 1.25. The number of esters is 2. The van der Waals surface area contributed by atoms with E-state index in [4.69, 9.17) is 14.3 Å². The average molecular weight is 339 g/mol. The summed E-state index contributed by atoms with van der Waals surface area (Å²) in [5, 5.41) is 0. The highest BCUT2D eigenvalue weighted by Crippen LogP contribution is 2.10. The first-order valence-corrected chi connectivity index (χ1v) is 7.60. The van der Waals surface area contributed by atoms with Gasteiger partial charge in [-0.25, -0.2) is 0 Å². The number of carbonyl (C=O) groups is 2. The van der Waals surface area contributed by atoms with E-state index in [9.17, 15) is 9.59 Å². The number of benzene rings is 1. The summed E-state index contributed by atoms with van der Waals surface area (Å²) >= 11 is 0. The van der Waals surface area contributed by atoms with Crippen LogP contribution in [0.25, 0.3) is 0 Å². The van der Waals surface area contributed by atoms with E-state index in [1.807, 2.05) is 30.3 Å². The average Bonchev–Trinajstić information content (AvgIpc) is 2.52. The molecule has 1 aromatic carbocycles. The van der Waals surface area contributed by atoms with E-state index < -0.39 is 23.6 Å². The second-order valence-corrected chi connectivity index (χ2v) is 6.08. The predicted octanol–water partition coefficient (Wildman–Crippen LogP) is 1.96. The fourth-order valence-electron chi connectivity index (χ4n) is 1.71. The van der Waals surface area contributed by atoms with Gasteiger partial charge in [-0.05, 0) is 26.3 Å². The highest BCUT2D eigenvalue weighted by Gasteiger charge is 2.28. The maximum atomic E-state index is 12.1. The molecule has 1 N–H and O–H groups in total. The van der Waals surface area contributed by atoms with Crippen LogP contribution in [0.3, 0.4) is 0 Å². The van der Waals surface area contributed by atoms with Crippen LogP contribution in [0.1, 0.15) is 32.8 Å². The third-order valence-corrected chi connectivity index (χ3v) is 2.77. The van der Waals surface area contributed by atoms with Crippen molar-refractivity contribution in [2.75, 3.05) is 13.9 Å². The lowest BCUT2D eigenvalue weighted by molar-refractivity contribution is -0.171. The Kier molecular flexibility index (Phi) is 8.39. The van der Waals surface area contributed by atoms with Gasteiger partial charge in [-0.15, -0.1) is 0 Å². The first kappa shape index (κ1) is 20.1. The van der Waals surface area contributed by atoms with Crippen molar-refractivity contribution < 1.29 is 28.6 Å². The number of ether oxygens (including phenoxy) is 3. The second kappa shape index (κ2) is 10.0. The van der Waals surface area contributed by atoms with E-state index >= 15 is 0 Å². The molecule has 0 saturated carbocycles. The van der Waals surface area contributed by atoms with Crippen molar-refractivity contribution in [2.45, 2.75) is 45.4 Å². The second-order valence-electron chi connectivity index (χ2n) is 6.08. The maximum absolute atomic E-state index is 12.1. The molecule has 1 atom stereocenters. The van der Waals surface area contributed by atoms with Crippen molar-refractivity contribution in [2.24, 2.45) is 0 Å². The van der Waals surface area contributed by atoms with Crippen molar-refractivity contribution >= 4 is 11.9 Å². The van der Waals surface area contributed by atoms with Gasteiger partial charge in [0.2, 0.25) is 0 Å². The van der Waals surface area contributed by atoms with E-state index in [1.54, 1.807) is 20.8 Å². The molecule has 0 aliphatic carbocycles. The van der Waals surface area contributed by atoms with Crippen LogP contribution in [0.2, 0.25) is 0 Å². The summed E-state index contributed by atoms with van der Waals surface area (Å²) in [6, 6.07) is 8.61. The molecule has 7 heteroatoms. The molecule has 1 rings (SSSR count). The highest BCUT2D eigenvalue weighted by molar-refractivity contribution is 5.82. The van der Waals surface area contributed by atoms with Gasteiger partial charge in [0, 0.05) is 0 Å². The van der Waals surface area contributed by atoms with Crippen LogP contribution in [-0.2, 0) is 35.2 Å². The third kappa shape index (κ3) is 8.61. The van der Waals surface area contributed by atoms with Gasteiger partial charge < -0.3 is 14.2 Å². The first-order chi connectivity index (χ1) is 11.3. The van der Waals surface area contributed by atoms with Crippen molar-refractivity contribution in [1.29, 1.82) is 0 Å². The summed E-state index contributed by atoms with van der Waals surface area (Å²) in [4.78, 5) is 28.6. The Balaban J connectivity index is 2.40. The van der Waals surface area contributed by atoms with Crippen LogP contribution in [0.15, 0.2) is 30.3 Å². The number of hydrogen-bond acceptors (Lipinski definition) is 7. The fraction of sp³-hybridized carbons (Fsp3) is 0.529.